The molecule has 2 atom stereocenters. The fourth-order valence-electron chi connectivity index (χ4n) is 11.8. The topological polar surface area (TPSA) is 95.9 Å². The van der Waals surface area contributed by atoms with Gasteiger partial charge in [-0.1, -0.05) is 366 Å². The number of aliphatic hydroxyl groups is 2. The van der Waals surface area contributed by atoms with Crippen molar-refractivity contribution >= 4 is 11.9 Å². The van der Waals surface area contributed by atoms with Crippen LogP contribution in [0.5, 0.6) is 0 Å². The number of hydrogen-bond acceptors (Lipinski definition) is 5. The number of unbranched alkanes of at least 4 members (excludes halogenated alkanes) is 56. The molecule has 0 aromatic heterocycles. The van der Waals surface area contributed by atoms with Crippen LogP contribution in [0.3, 0.4) is 0 Å². The maximum atomic E-state index is 12.6. The molecule has 0 spiro atoms. The molecule has 0 saturated carbocycles. The van der Waals surface area contributed by atoms with Crippen molar-refractivity contribution in [3.63, 3.8) is 0 Å². The number of nitrogens with one attached hydrogen (secondary N) is 1. The predicted octanol–water partition coefficient (Wildman–Crippen LogP) is 23.5. The molecule has 0 aliphatic carbocycles. The molecule has 470 valence electrons. The molecule has 0 radical (unpaired) electrons. The van der Waals surface area contributed by atoms with Crippen LogP contribution in [0.1, 0.15) is 418 Å². The number of ether oxygens (including phenoxy) is 1. The first kappa shape index (κ1) is 77.6. The van der Waals surface area contributed by atoms with Gasteiger partial charge in [-0.25, -0.2) is 0 Å². The van der Waals surface area contributed by atoms with E-state index in [0.717, 1.165) is 51.4 Å². The van der Waals surface area contributed by atoms with Crippen LogP contribution in [-0.2, 0) is 14.3 Å². The van der Waals surface area contributed by atoms with Crippen LogP contribution in [-0.4, -0.2) is 47.4 Å². The largest absolute Gasteiger partial charge is 0.466 e. The van der Waals surface area contributed by atoms with Crippen molar-refractivity contribution in [3.8, 4) is 0 Å². The summed E-state index contributed by atoms with van der Waals surface area (Å²) in [6, 6.07) is -0.553. The van der Waals surface area contributed by atoms with E-state index in [1.165, 1.54) is 334 Å². The van der Waals surface area contributed by atoms with Gasteiger partial charge in [-0.3, -0.25) is 9.59 Å². The summed E-state index contributed by atoms with van der Waals surface area (Å²) in [5.41, 5.74) is 0. The summed E-state index contributed by atoms with van der Waals surface area (Å²) in [7, 11) is 0. The fraction of sp³-hybridized carbons (Fsp3) is 0.945. The number of aliphatic hydroxyl groups excluding tert-OH is 2. The lowest BCUT2D eigenvalue weighted by atomic mass is 10.0. The summed E-state index contributed by atoms with van der Waals surface area (Å²) < 4.78 is 5.51. The lowest BCUT2D eigenvalue weighted by molar-refractivity contribution is -0.143. The molecule has 3 N–H and O–H groups in total. The molecule has 0 bridgehead atoms. The van der Waals surface area contributed by atoms with Crippen LogP contribution in [0.15, 0.2) is 12.2 Å². The van der Waals surface area contributed by atoms with Crippen LogP contribution in [0.2, 0.25) is 0 Å². The lowest BCUT2D eigenvalue weighted by Gasteiger charge is -2.22. The van der Waals surface area contributed by atoms with Crippen LogP contribution in [0.25, 0.3) is 0 Å². The van der Waals surface area contributed by atoms with E-state index >= 15 is 0 Å². The van der Waals surface area contributed by atoms with Gasteiger partial charge in [-0.2, -0.15) is 0 Å². The normalized spacial score (nSPS) is 12.5. The summed E-state index contributed by atoms with van der Waals surface area (Å²) in [6.07, 6.45) is 85.5. The molecule has 6 nitrogen and oxygen atoms in total. The zero-order valence-electron chi connectivity index (χ0n) is 53.9. The van der Waals surface area contributed by atoms with E-state index in [9.17, 15) is 19.8 Å². The Kier molecular flexibility index (Phi) is 67.9. The molecule has 0 aromatic carbocycles. The molecular weight excluding hydrogens is 971 g/mol. The Morgan fingerprint density at radius 2 is 0.595 bits per heavy atom. The minimum absolute atomic E-state index is 0.00937. The van der Waals surface area contributed by atoms with E-state index in [1.54, 1.807) is 0 Å². The van der Waals surface area contributed by atoms with Gasteiger partial charge < -0.3 is 20.3 Å². The van der Waals surface area contributed by atoms with Crippen LogP contribution >= 0.6 is 0 Å². The van der Waals surface area contributed by atoms with Crippen LogP contribution in [0, 0.1) is 0 Å². The number of amides is 1. The molecule has 2 unspecified atom stereocenters. The van der Waals surface area contributed by atoms with Gasteiger partial charge in [0.2, 0.25) is 5.91 Å². The van der Waals surface area contributed by atoms with Crippen molar-refractivity contribution in [2.45, 2.75) is 431 Å². The van der Waals surface area contributed by atoms with E-state index in [0.29, 0.717) is 25.9 Å². The molecule has 0 rings (SSSR count). The molecule has 0 fully saturated rings. The van der Waals surface area contributed by atoms with Crippen molar-refractivity contribution in [1.82, 2.24) is 5.32 Å². The third-order valence-corrected chi connectivity index (χ3v) is 17.3. The standard InChI is InChI=1S/C73H143NO5/c1-3-5-7-9-11-13-15-17-19-21-23-24-25-26-27-28-30-33-37-41-45-49-53-57-61-65-71(76)70(69-75)74-72(77)66-62-58-54-50-46-42-38-34-31-32-36-40-44-48-52-56-60-64-68-79-73(78)67-63-59-55-51-47-43-39-35-29-22-20-18-16-14-12-10-8-6-4-2/h34,38,70-71,75-76H,3-33,35-37,39-69H2,1-2H3,(H,74,77)/b38-34-. The van der Waals surface area contributed by atoms with E-state index in [-0.39, 0.29) is 18.5 Å². The van der Waals surface area contributed by atoms with Crippen molar-refractivity contribution in [3.05, 3.63) is 12.2 Å². The minimum Gasteiger partial charge on any atom is -0.466 e. The number of esters is 1. The Balaban J connectivity index is 3.41. The summed E-state index contributed by atoms with van der Waals surface area (Å²) >= 11 is 0. The Morgan fingerprint density at radius 1 is 0.342 bits per heavy atom. The number of allylic oxidation sites excluding steroid dienone is 2. The molecule has 0 heterocycles. The number of hydrogen-bond donors (Lipinski definition) is 3. The molecule has 0 aliphatic rings. The average Bonchev–Trinajstić information content (AvgIpc) is 3.45. The molecule has 0 saturated heterocycles. The van der Waals surface area contributed by atoms with Gasteiger partial charge >= 0.3 is 5.97 Å². The third kappa shape index (κ3) is 65.6. The van der Waals surface area contributed by atoms with Gasteiger partial charge in [0.15, 0.2) is 0 Å². The Morgan fingerprint density at radius 3 is 0.899 bits per heavy atom. The molecule has 1 amide bonds. The maximum absolute atomic E-state index is 12.6. The highest BCUT2D eigenvalue weighted by molar-refractivity contribution is 5.76. The second-order valence-corrected chi connectivity index (χ2v) is 25.3. The highest BCUT2D eigenvalue weighted by atomic mass is 16.5. The Hall–Kier alpha value is -1.40. The summed E-state index contributed by atoms with van der Waals surface area (Å²) in [4.78, 5) is 24.7. The Labute approximate surface area is 495 Å². The quantitative estimate of drug-likeness (QED) is 0.0320. The number of rotatable bonds is 69. The van der Waals surface area contributed by atoms with E-state index in [1.807, 2.05) is 0 Å². The summed E-state index contributed by atoms with van der Waals surface area (Å²) in [5, 5.41) is 23.4. The average molecular weight is 1110 g/mol. The van der Waals surface area contributed by atoms with Gasteiger partial charge in [0, 0.05) is 12.8 Å². The van der Waals surface area contributed by atoms with Gasteiger partial charge in [-0.15, -0.1) is 0 Å². The molecular formula is C73H143NO5. The van der Waals surface area contributed by atoms with Crippen molar-refractivity contribution in [2.24, 2.45) is 0 Å². The number of carbonyl (C=O) groups excluding carboxylic acids is 2. The lowest BCUT2D eigenvalue weighted by Crippen LogP contribution is -2.45. The third-order valence-electron chi connectivity index (χ3n) is 17.3. The molecule has 79 heavy (non-hydrogen) atoms. The monoisotopic (exact) mass is 1110 g/mol. The minimum atomic E-state index is -0.674. The summed E-state index contributed by atoms with van der Waals surface area (Å²) in [5.74, 6) is -0.0343. The highest BCUT2D eigenvalue weighted by Gasteiger charge is 2.20. The van der Waals surface area contributed by atoms with E-state index < -0.39 is 12.1 Å². The van der Waals surface area contributed by atoms with Gasteiger partial charge in [0.25, 0.3) is 0 Å². The first-order chi connectivity index (χ1) is 39.0. The molecule has 0 aromatic rings. The van der Waals surface area contributed by atoms with Crippen LogP contribution in [0.4, 0.5) is 0 Å². The van der Waals surface area contributed by atoms with Crippen molar-refractivity contribution < 1.29 is 24.5 Å². The molecule has 0 aliphatic heterocycles. The number of carbonyl (C=O) groups is 2. The second-order valence-electron chi connectivity index (χ2n) is 25.3. The van der Waals surface area contributed by atoms with Gasteiger partial charge in [0.1, 0.15) is 0 Å². The summed E-state index contributed by atoms with van der Waals surface area (Å²) in [6.45, 7) is 4.99. The SMILES string of the molecule is CCCCCCCCCCCCCCCCCCCCCCCCCCCC(O)C(CO)NC(=O)CCCCCCC/C=C\CCCCCCCCCCCOC(=O)CCCCCCCCCCCCCCCCCCCCC. The molecule has 6 heteroatoms. The van der Waals surface area contributed by atoms with E-state index in [4.69, 9.17) is 4.74 Å². The first-order valence-corrected chi connectivity index (χ1v) is 36.4. The smallest absolute Gasteiger partial charge is 0.305 e. The van der Waals surface area contributed by atoms with Gasteiger partial charge in [0.05, 0.1) is 25.4 Å². The van der Waals surface area contributed by atoms with Crippen molar-refractivity contribution in [1.29, 1.82) is 0 Å². The first-order valence-electron chi connectivity index (χ1n) is 36.4. The van der Waals surface area contributed by atoms with Crippen molar-refractivity contribution in [2.75, 3.05) is 13.2 Å². The zero-order valence-corrected chi connectivity index (χ0v) is 53.9. The second kappa shape index (κ2) is 69.1. The van der Waals surface area contributed by atoms with Crippen LogP contribution < -0.4 is 5.32 Å². The fourth-order valence-corrected chi connectivity index (χ4v) is 11.8. The van der Waals surface area contributed by atoms with E-state index in [2.05, 4.69) is 31.3 Å². The Bertz CT molecular complexity index is 1190. The zero-order chi connectivity index (χ0) is 57.1. The predicted molar refractivity (Wildman–Crippen MR) is 347 cm³/mol. The van der Waals surface area contributed by atoms with Gasteiger partial charge in [-0.05, 0) is 51.4 Å². The highest BCUT2D eigenvalue weighted by Crippen LogP contribution is 2.19. The maximum Gasteiger partial charge on any atom is 0.305 e.